The largest absolute Gasteiger partial charge is 0.377 e. The normalized spacial score (nSPS) is 19.3. The molecule has 21 heavy (non-hydrogen) atoms. The number of aromatic amines is 1. The van der Waals surface area contributed by atoms with Crippen LogP contribution in [0.2, 0.25) is 0 Å². The van der Waals surface area contributed by atoms with Crippen LogP contribution in [0.3, 0.4) is 0 Å². The molecule has 114 valence electrons. The van der Waals surface area contributed by atoms with Gasteiger partial charge in [0.25, 0.3) is 0 Å². The molecule has 0 spiro atoms. The summed E-state index contributed by atoms with van der Waals surface area (Å²) in [5, 5.41) is 0. The summed E-state index contributed by atoms with van der Waals surface area (Å²) in [5.41, 5.74) is 1.87. The number of hydrogen-bond acceptors (Lipinski definition) is 4. The smallest absolute Gasteiger partial charge is 0.214 e. The molecule has 3 rings (SSSR count). The molecule has 0 amide bonds. The fourth-order valence-electron chi connectivity index (χ4n) is 2.53. The van der Waals surface area contributed by atoms with Crippen LogP contribution in [-0.4, -0.2) is 43.4 Å². The summed E-state index contributed by atoms with van der Waals surface area (Å²) in [6.07, 6.45) is 2.15. The van der Waals surface area contributed by atoms with E-state index in [1.807, 2.05) is 24.3 Å². The molecular formula is C14H19N3O3S. The van der Waals surface area contributed by atoms with Gasteiger partial charge in [0.2, 0.25) is 10.0 Å². The van der Waals surface area contributed by atoms with Gasteiger partial charge in [-0.05, 0) is 25.0 Å². The van der Waals surface area contributed by atoms with Crippen LogP contribution in [0.5, 0.6) is 0 Å². The zero-order chi connectivity index (χ0) is 14.7. The maximum atomic E-state index is 11.9. The van der Waals surface area contributed by atoms with E-state index in [0.29, 0.717) is 19.6 Å². The fraction of sp³-hybridized carbons (Fsp3) is 0.500. The first-order valence-corrected chi connectivity index (χ1v) is 8.80. The van der Waals surface area contributed by atoms with Crippen LogP contribution in [-0.2, 0) is 21.2 Å². The lowest BCUT2D eigenvalue weighted by Gasteiger charge is -2.10. The van der Waals surface area contributed by atoms with E-state index in [9.17, 15) is 8.42 Å². The van der Waals surface area contributed by atoms with Gasteiger partial charge in [-0.1, -0.05) is 12.1 Å². The number of ether oxygens (including phenoxy) is 1. The van der Waals surface area contributed by atoms with Gasteiger partial charge < -0.3 is 9.72 Å². The van der Waals surface area contributed by atoms with Crippen molar-refractivity contribution in [2.24, 2.45) is 0 Å². The van der Waals surface area contributed by atoms with Crippen molar-refractivity contribution in [2.45, 2.75) is 25.4 Å². The number of benzene rings is 1. The van der Waals surface area contributed by atoms with Crippen molar-refractivity contribution < 1.29 is 13.2 Å². The molecule has 1 aromatic carbocycles. The van der Waals surface area contributed by atoms with Gasteiger partial charge >= 0.3 is 0 Å². The summed E-state index contributed by atoms with van der Waals surface area (Å²) < 4.78 is 31.8. The second-order valence-corrected chi connectivity index (χ2v) is 7.11. The number of aromatic nitrogens is 2. The average Bonchev–Trinajstić information content (AvgIpc) is 3.06. The van der Waals surface area contributed by atoms with Crippen molar-refractivity contribution in [1.82, 2.24) is 14.7 Å². The highest BCUT2D eigenvalue weighted by Gasteiger charge is 2.22. The lowest BCUT2D eigenvalue weighted by atomic mass is 10.3. The number of hydrogen-bond donors (Lipinski definition) is 2. The minimum atomic E-state index is -3.28. The number of para-hydroxylation sites is 2. The van der Waals surface area contributed by atoms with E-state index < -0.39 is 10.0 Å². The summed E-state index contributed by atoms with van der Waals surface area (Å²) in [7, 11) is -3.28. The summed E-state index contributed by atoms with van der Waals surface area (Å²) in [6, 6.07) is 7.75. The molecule has 0 saturated carbocycles. The van der Waals surface area contributed by atoms with Crippen LogP contribution in [0, 0.1) is 0 Å². The molecule has 1 aromatic heterocycles. The fourth-order valence-corrected chi connectivity index (χ4v) is 3.81. The van der Waals surface area contributed by atoms with Gasteiger partial charge in [-0.2, -0.15) is 0 Å². The summed E-state index contributed by atoms with van der Waals surface area (Å²) in [4.78, 5) is 7.60. The van der Waals surface area contributed by atoms with Gasteiger partial charge in [0.05, 0.1) is 22.9 Å². The van der Waals surface area contributed by atoms with E-state index in [2.05, 4.69) is 14.7 Å². The van der Waals surface area contributed by atoms with Crippen LogP contribution >= 0.6 is 0 Å². The predicted molar refractivity (Wildman–Crippen MR) is 80.6 cm³/mol. The van der Waals surface area contributed by atoms with Crippen LogP contribution < -0.4 is 4.72 Å². The molecule has 2 aromatic rings. The first-order valence-electron chi connectivity index (χ1n) is 7.15. The Balaban J connectivity index is 1.52. The third-order valence-corrected chi connectivity index (χ3v) is 5.01. The van der Waals surface area contributed by atoms with Crippen molar-refractivity contribution in [3.05, 3.63) is 30.1 Å². The van der Waals surface area contributed by atoms with Crippen LogP contribution in [0.15, 0.2) is 24.3 Å². The molecular weight excluding hydrogens is 290 g/mol. The maximum Gasteiger partial charge on any atom is 0.214 e. The van der Waals surface area contributed by atoms with E-state index >= 15 is 0 Å². The predicted octanol–water partition coefficient (Wildman–Crippen LogP) is 1.20. The second-order valence-electron chi connectivity index (χ2n) is 5.26. The monoisotopic (exact) mass is 309 g/mol. The quantitative estimate of drug-likeness (QED) is 0.840. The van der Waals surface area contributed by atoms with Gasteiger partial charge in [-0.25, -0.2) is 18.1 Å². The lowest BCUT2D eigenvalue weighted by molar-refractivity contribution is 0.127. The Morgan fingerprint density at radius 3 is 3.00 bits per heavy atom. The molecule has 1 saturated heterocycles. The second kappa shape index (κ2) is 6.13. The zero-order valence-corrected chi connectivity index (χ0v) is 12.5. The zero-order valence-electron chi connectivity index (χ0n) is 11.7. The third kappa shape index (κ3) is 3.81. The minimum Gasteiger partial charge on any atom is -0.377 e. The van der Waals surface area contributed by atoms with Gasteiger partial charge in [0, 0.05) is 19.6 Å². The molecule has 1 fully saturated rings. The Morgan fingerprint density at radius 1 is 1.38 bits per heavy atom. The summed E-state index contributed by atoms with van der Waals surface area (Å²) in [6.45, 7) is 1.01. The maximum absolute atomic E-state index is 11.9. The highest BCUT2D eigenvalue weighted by atomic mass is 32.2. The summed E-state index contributed by atoms with van der Waals surface area (Å²) in [5.74, 6) is 0.837. The number of rotatable bonds is 6. The molecule has 1 aliphatic heterocycles. The SMILES string of the molecule is O=S(=O)(CC1CCCO1)NCCc1nc2ccccc2[nH]1. The third-order valence-electron chi connectivity index (χ3n) is 3.55. The van der Waals surface area contributed by atoms with E-state index in [4.69, 9.17) is 4.74 Å². The topological polar surface area (TPSA) is 84.1 Å². The van der Waals surface area contributed by atoms with E-state index in [1.54, 1.807) is 0 Å². The first-order chi connectivity index (χ1) is 10.1. The number of fused-ring (bicyclic) bond motifs is 1. The van der Waals surface area contributed by atoms with Gasteiger partial charge in [0.1, 0.15) is 5.82 Å². The Morgan fingerprint density at radius 2 is 2.24 bits per heavy atom. The van der Waals surface area contributed by atoms with Crippen molar-refractivity contribution in [2.75, 3.05) is 18.9 Å². The Labute approximate surface area is 124 Å². The van der Waals surface area contributed by atoms with Crippen LogP contribution in [0.25, 0.3) is 11.0 Å². The number of imidazole rings is 1. The van der Waals surface area contributed by atoms with Gasteiger partial charge in [-0.3, -0.25) is 0 Å². The molecule has 0 radical (unpaired) electrons. The number of H-pyrrole nitrogens is 1. The highest BCUT2D eigenvalue weighted by molar-refractivity contribution is 7.89. The summed E-state index contributed by atoms with van der Waals surface area (Å²) >= 11 is 0. The first kappa shape index (κ1) is 14.5. The standard InChI is InChI=1S/C14H19N3O3S/c18-21(19,10-11-4-3-9-20-11)15-8-7-14-16-12-5-1-2-6-13(12)17-14/h1-2,5-6,11,15H,3-4,7-10H2,(H,16,17). The molecule has 1 atom stereocenters. The molecule has 0 aliphatic carbocycles. The molecule has 7 heteroatoms. The Kier molecular flexibility index (Phi) is 4.23. The Bertz CT molecular complexity index is 672. The molecule has 2 N–H and O–H groups in total. The van der Waals surface area contributed by atoms with Crippen LogP contribution in [0.4, 0.5) is 0 Å². The highest BCUT2D eigenvalue weighted by Crippen LogP contribution is 2.13. The Hall–Kier alpha value is -1.44. The van der Waals surface area contributed by atoms with Gasteiger partial charge in [-0.15, -0.1) is 0 Å². The molecule has 2 heterocycles. The lowest BCUT2D eigenvalue weighted by Crippen LogP contribution is -2.33. The van der Waals surface area contributed by atoms with E-state index in [1.165, 1.54) is 0 Å². The van der Waals surface area contributed by atoms with Crippen molar-refractivity contribution in [3.63, 3.8) is 0 Å². The average molecular weight is 309 g/mol. The van der Waals surface area contributed by atoms with Crippen molar-refractivity contribution >= 4 is 21.1 Å². The number of sulfonamides is 1. The minimum absolute atomic E-state index is 0.0487. The van der Waals surface area contributed by atoms with Crippen molar-refractivity contribution in [3.8, 4) is 0 Å². The number of nitrogens with one attached hydrogen (secondary N) is 2. The molecule has 1 unspecified atom stereocenters. The van der Waals surface area contributed by atoms with Crippen molar-refractivity contribution in [1.29, 1.82) is 0 Å². The van der Waals surface area contributed by atoms with Gasteiger partial charge in [0.15, 0.2) is 0 Å². The van der Waals surface area contributed by atoms with E-state index in [0.717, 1.165) is 29.7 Å². The van der Waals surface area contributed by atoms with Crippen LogP contribution in [0.1, 0.15) is 18.7 Å². The molecule has 6 nitrogen and oxygen atoms in total. The number of nitrogens with zero attached hydrogens (tertiary/aromatic N) is 1. The molecule has 1 aliphatic rings. The molecule has 0 bridgehead atoms. The van der Waals surface area contributed by atoms with E-state index in [-0.39, 0.29) is 11.9 Å².